The molecule has 0 radical (unpaired) electrons. The van der Waals surface area contributed by atoms with Gasteiger partial charge in [0.1, 0.15) is 6.10 Å². The van der Waals surface area contributed by atoms with Crippen LogP contribution in [0.2, 0.25) is 0 Å². The molecule has 0 bridgehead atoms. The average molecular weight is 469 g/mol. The van der Waals surface area contributed by atoms with E-state index in [4.69, 9.17) is 9.47 Å². The quantitative estimate of drug-likeness (QED) is 0.381. The van der Waals surface area contributed by atoms with E-state index >= 15 is 0 Å². The van der Waals surface area contributed by atoms with Crippen molar-refractivity contribution in [3.8, 4) is 11.5 Å². The zero-order chi connectivity index (χ0) is 18.1. The van der Waals surface area contributed by atoms with Crippen molar-refractivity contribution in [2.75, 3.05) is 27.7 Å². The zero-order valence-corrected chi connectivity index (χ0v) is 18.1. The fourth-order valence-corrected chi connectivity index (χ4v) is 2.31. The number of benzene rings is 2. The highest BCUT2D eigenvalue weighted by Gasteiger charge is 2.10. The Balaban J connectivity index is 0.00000338. The van der Waals surface area contributed by atoms with Gasteiger partial charge < -0.3 is 19.7 Å². The van der Waals surface area contributed by atoms with Crippen molar-refractivity contribution in [3.05, 3.63) is 60.2 Å². The molecule has 0 saturated heterocycles. The van der Waals surface area contributed by atoms with E-state index in [1.54, 1.807) is 7.11 Å². The number of halogens is 1. The summed E-state index contributed by atoms with van der Waals surface area (Å²) in [6.45, 7) is 3.30. The highest BCUT2D eigenvalue weighted by atomic mass is 127. The van der Waals surface area contributed by atoms with E-state index in [1.165, 1.54) is 5.56 Å². The minimum absolute atomic E-state index is 0. The Bertz CT molecular complexity index is 678. The summed E-state index contributed by atoms with van der Waals surface area (Å²) < 4.78 is 11.3. The Morgan fingerprint density at radius 1 is 1.04 bits per heavy atom. The van der Waals surface area contributed by atoms with Gasteiger partial charge in [-0.3, -0.25) is 0 Å². The van der Waals surface area contributed by atoms with Crippen molar-refractivity contribution in [1.82, 2.24) is 10.2 Å². The van der Waals surface area contributed by atoms with Crippen molar-refractivity contribution in [1.29, 1.82) is 0 Å². The third-order valence-corrected chi connectivity index (χ3v) is 3.62. The molecule has 0 heterocycles. The number of ether oxygens (including phenoxy) is 2. The second-order valence-corrected chi connectivity index (χ2v) is 5.98. The van der Waals surface area contributed by atoms with Gasteiger partial charge in [0.25, 0.3) is 0 Å². The molecule has 0 aromatic heterocycles. The van der Waals surface area contributed by atoms with E-state index in [-0.39, 0.29) is 30.1 Å². The van der Waals surface area contributed by atoms with Crippen LogP contribution in [0.1, 0.15) is 12.5 Å². The molecule has 0 amide bonds. The maximum absolute atomic E-state index is 5.97. The van der Waals surface area contributed by atoms with Crippen LogP contribution in [-0.2, 0) is 6.54 Å². The number of guanidine groups is 1. The third-order valence-electron chi connectivity index (χ3n) is 3.62. The molecule has 0 spiro atoms. The molecule has 2 aromatic rings. The van der Waals surface area contributed by atoms with E-state index in [1.807, 2.05) is 68.4 Å². The molecule has 6 heteroatoms. The molecular weight excluding hydrogens is 441 g/mol. The zero-order valence-electron chi connectivity index (χ0n) is 15.8. The molecular formula is C20H28IN3O2. The van der Waals surface area contributed by atoms with Gasteiger partial charge >= 0.3 is 0 Å². The van der Waals surface area contributed by atoms with Crippen LogP contribution in [0.4, 0.5) is 0 Å². The van der Waals surface area contributed by atoms with Crippen molar-refractivity contribution in [2.45, 2.75) is 19.6 Å². The van der Waals surface area contributed by atoms with Gasteiger partial charge in [-0.1, -0.05) is 42.5 Å². The first kappa shape index (κ1) is 22.1. The molecule has 0 aliphatic rings. The summed E-state index contributed by atoms with van der Waals surface area (Å²) in [6.07, 6.45) is -0.0295. The normalized spacial score (nSPS) is 11.9. The molecule has 2 rings (SSSR count). The van der Waals surface area contributed by atoms with Gasteiger partial charge in [0, 0.05) is 14.1 Å². The van der Waals surface area contributed by atoms with E-state index < -0.39 is 0 Å². The Morgan fingerprint density at radius 3 is 2.27 bits per heavy atom. The van der Waals surface area contributed by atoms with Crippen molar-refractivity contribution < 1.29 is 9.47 Å². The molecule has 1 N–H and O–H groups in total. The van der Waals surface area contributed by atoms with Crippen LogP contribution in [0.5, 0.6) is 11.5 Å². The highest BCUT2D eigenvalue weighted by molar-refractivity contribution is 14.0. The Morgan fingerprint density at radius 2 is 1.65 bits per heavy atom. The van der Waals surface area contributed by atoms with Crippen molar-refractivity contribution in [3.63, 3.8) is 0 Å². The minimum atomic E-state index is -0.0295. The van der Waals surface area contributed by atoms with E-state index in [2.05, 4.69) is 22.4 Å². The summed E-state index contributed by atoms with van der Waals surface area (Å²) in [6, 6.07) is 17.9. The summed E-state index contributed by atoms with van der Waals surface area (Å²) in [5.41, 5.74) is 1.18. The van der Waals surface area contributed by atoms with Gasteiger partial charge in [0.15, 0.2) is 17.5 Å². The number of rotatable bonds is 7. The smallest absolute Gasteiger partial charge is 0.193 e. The number of hydrogen-bond donors (Lipinski definition) is 1. The van der Waals surface area contributed by atoms with Crippen LogP contribution < -0.4 is 14.8 Å². The predicted octanol–water partition coefficient (Wildman–Crippen LogP) is 3.79. The fraction of sp³-hybridized carbons (Fsp3) is 0.350. The number of para-hydroxylation sites is 2. The van der Waals surface area contributed by atoms with E-state index in [9.17, 15) is 0 Å². The molecule has 0 aliphatic carbocycles. The molecule has 0 aliphatic heterocycles. The first-order chi connectivity index (χ1) is 12.1. The average Bonchev–Trinajstić information content (AvgIpc) is 2.62. The highest BCUT2D eigenvalue weighted by Crippen LogP contribution is 2.26. The molecule has 142 valence electrons. The second kappa shape index (κ2) is 11.6. The molecule has 0 fully saturated rings. The van der Waals surface area contributed by atoms with Crippen LogP contribution in [0, 0.1) is 0 Å². The maximum atomic E-state index is 5.97. The molecule has 5 nitrogen and oxygen atoms in total. The lowest BCUT2D eigenvalue weighted by atomic mass is 10.2. The van der Waals surface area contributed by atoms with E-state index in [0.29, 0.717) is 13.1 Å². The molecule has 0 saturated carbocycles. The Kier molecular flexibility index (Phi) is 9.87. The lowest BCUT2D eigenvalue weighted by Gasteiger charge is -2.21. The lowest BCUT2D eigenvalue weighted by Crippen LogP contribution is -2.41. The molecule has 26 heavy (non-hydrogen) atoms. The monoisotopic (exact) mass is 469 g/mol. The van der Waals surface area contributed by atoms with Gasteiger partial charge in [0.2, 0.25) is 0 Å². The minimum Gasteiger partial charge on any atom is -0.493 e. The summed E-state index contributed by atoms with van der Waals surface area (Å²) in [5, 5.41) is 3.36. The van der Waals surface area contributed by atoms with Crippen molar-refractivity contribution in [2.24, 2.45) is 4.99 Å². The number of hydrogen-bond acceptors (Lipinski definition) is 3. The first-order valence-corrected chi connectivity index (χ1v) is 8.39. The van der Waals surface area contributed by atoms with Crippen LogP contribution in [0.15, 0.2) is 59.6 Å². The van der Waals surface area contributed by atoms with Gasteiger partial charge in [-0.15, -0.1) is 24.0 Å². The summed E-state index contributed by atoms with van der Waals surface area (Å²) >= 11 is 0. The molecule has 1 atom stereocenters. The first-order valence-electron chi connectivity index (χ1n) is 8.39. The summed E-state index contributed by atoms with van der Waals surface area (Å²) in [4.78, 5) is 6.63. The number of methoxy groups -OCH3 is 1. The lowest BCUT2D eigenvalue weighted by molar-refractivity contribution is 0.213. The molecule has 1 unspecified atom stereocenters. The Labute approximate surface area is 173 Å². The van der Waals surface area contributed by atoms with Crippen LogP contribution in [0.3, 0.4) is 0 Å². The Hall–Kier alpha value is -1.96. The largest absolute Gasteiger partial charge is 0.493 e. The van der Waals surface area contributed by atoms with Gasteiger partial charge in [0.05, 0.1) is 20.2 Å². The second-order valence-electron chi connectivity index (χ2n) is 5.98. The van der Waals surface area contributed by atoms with Crippen molar-refractivity contribution >= 4 is 29.9 Å². The van der Waals surface area contributed by atoms with Crippen LogP contribution in [0.25, 0.3) is 0 Å². The standard InChI is InChI=1S/C20H27N3O2.HI/c1-16(25-19-13-9-8-12-18(19)24-4)14-21-20(23(2)3)22-15-17-10-6-5-7-11-17;/h5-13,16H,14-15H2,1-4H3,(H,21,22);1H. The molecule has 2 aromatic carbocycles. The number of nitrogens with one attached hydrogen (secondary N) is 1. The summed E-state index contributed by atoms with van der Waals surface area (Å²) in [7, 11) is 5.59. The van der Waals surface area contributed by atoms with Gasteiger partial charge in [-0.25, -0.2) is 4.99 Å². The fourth-order valence-electron chi connectivity index (χ4n) is 2.31. The predicted molar refractivity (Wildman–Crippen MR) is 118 cm³/mol. The van der Waals surface area contributed by atoms with E-state index in [0.717, 1.165) is 17.5 Å². The number of nitrogens with zero attached hydrogens (tertiary/aromatic N) is 2. The van der Waals surface area contributed by atoms with Gasteiger partial charge in [-0.05, 0) is 24.6 Å². The van der Waals surface area contributed by atoms with Gasteiger partial charge in [-0.2, -0.15) is 0 Å². The third kappa shape index (κ3) is 7.11. The SMILES string of the molecule is COc1ccccc1OC(C)CNC(=NCc1ccccc1)N(C)C.I. The maximum Gasteiger partial charge on any atom is 0.193 e. The van der Waals surface area contributed by atoms with Crippen LogP contribution in [-0.4, -0.2) is 44.7 Å². The summed E-state index contributed by atoms with van der Waals surface area (Å²) in [5.74, 6) is 2.31. The number of aliphatic imine (C=N–C) groups is 1. The topological polar surface area (TPSA) is 46.1 Å². The van der Waals surface area contributed by atoms with Crippen LogP contribution >= 0.6 is 24.0 Å².